The summed E-state index contributed by atoms with van der Waals surface area (Å²) in [6, 6.07) is 0. The smallest absolute Gasteiger partial charge is 0.337 e. The number of hydrogen-bond acceptors (Lipinski definition) is 3. The van der Waals surface area contributed by atoms with Crippen LogP contribution >= 0.6 is 0 Å². The van der Waals surface area contributed by atoms with Gasteiger partial charge in [0.1, 0.15) is 0 Å². The Hall–Kier alpha value is -0.610. The quantitative estimate of drug-likeness (QED) is 0.703. The van der Waals surface area contributed by atoms with Gasteiger partial charge in [0.05, 0.1) is 0 Å². The van der Waals surface area contributed by atoms with Crippen LogP contribution in [0.1, 0.15) is 32.6 Å². The molecule has 4 heteroatoms. The van der Waals surface area contributed by atoms with Crippen molar-refractivity contribution in [3.8, 4) is 0 Å². The Labute approximate surface area is 84.5 Å². The zero-order valence-corrected chi connectivity index (χ0v) is 8.70. The number of piperidine rings is 1. The van der Waals surface area contributed by atoms with E-state index in [0.717, 1.165) is 32.4 Å². The molecule has 1 fully saturated rings. The third-order valence-electron chi connectivity index (χ3n) is 2.78. The molecule has 14 heavy (non-hydrogen) atoms. The molecule has 1 aliphatic rings. The highest BCUT2D eigenvalue weighted by molar-refractivity contribution is 5.77. The van der Waals surface area contributed by atoms with E-state index in [9.17, 15) is 9.90 Å². The molecule has 0 spiro atoms. The van der Waals surface area contributed by atoms with Crippen molar-refractivity contribution in [2.75, 3.05) is 19.6 Å². The lowest BCUT2D eigenvalue weighted by molar-refractivity contribution is -0.164. The van der Waals surface area contributed by atoms with Gasteiger partial charge in [0.25, 0.3) is 0 Å². The lowest BCUT2D eigenvalue weighted by Crippen LogP contribution is -2.53. The Morgan fingerprint density at radius 2 is 2.29 bits per heavy atom. The Bertz CT molecular complexity index is 208. The first-order chi connectivity index (χ1) is 6.58. The molecule has 0 bridgehead atoms. The summed E-state index contributed by atoms with van der Waals surface area (Å²) in [4.78, 5) is 12.9. The van der Waals surface area contributed by atoms with E-state index in [0.29, 0.717) is 6.42 Å². The summed E-state index contributed by atoms with van der Waals surface area (Å²) in [6.07, 6.45) is 3.31. The molecule has 1 saturated heterocycles. The molecule has 0 aromatic heterocycles. The summed E-state index contributed by atoms with van der Waals surface area (Å²) in [6.45, 7) is 4.19. The molecule has 1 rings (SSSR count). The predicted molar refractivity (Wildman–Crippen MR) is 53.2 cm³/mol. The third-order valence-corrected chi connectivity index (χ3v) is 2.78. The molecule has 1 heterocycles. The number of carboxylic acids is 1. The first kappa shape index (κ1) is 11.5. The van der Waals surface area contributed by atoms with Crippen LogP contribution < -0.4 is 0 Å². The maximum atomic E-state index is 10.8. The minimum Gasteiger partial charge on any atom is -0.479 e. The lowest BCUT2D eigenvalue weighted by atomic mass is 9.93. The lowest BCUT2D eigenvalue weighted by Gasteiger charge is -2.36. The van der Waals surface area contributed by atoms with E-state index < -0.39 is 11.6 Å². The number of aliphatic carboxylic acids is 1. The summed E-state index contributed by atoms with van der Waals surface area (Å²) in [5, 5.41) is 18.6. The van der Waals surface area contributed by atoms with Crippen LogP contribution in [0.4, 0.5) is 0 Å². The normalized spacial score (nSPS) is 29.0. The van der Waals surface area contributed by atoms with Crippen LogP contribution in [0, 0.1) is 0 Å². The minimum atomic E-state index is -1.51. The third kappa shape index (κ3) is 2.69. The molecule has 0 aromatic carbocycles. The number of rotatable bonds is 4. The Balaban J connectivity index is 2.46. The summed E-state index contributed by atoms with van der Waals surface area (Å²) in [7, 11) is 0. The van der Waals surface area contributed by atoms with E-state index >= 15 is 0 Å². The summed E-state index contributed by atoms with van der Waals surface area (Å²) < 4.78 is 0. The fraction of sp³-hybridized carbons (Fsp3) is 0.900. The molecule has 0 aliphatic carbocycles. The second kappa shape index (κ2) is 4.75. The number of likely N-dealkylation sites (tertiary alicyclic amines) is 1. The van der Waals surface area contributed by atoms with Gasteiger partial charge in [-0.05, 0) is 32.4 Å². The molecular weight excluding hydrogens is 182 g/mol. The number of carboxylic acid groups (broad SMARTS) is 1. The van der Waals surface area contributed by atoms with E-state index in [4.69, 9.17) is 5.11 Å². The molecule has 1 aliphatic heterocycles. The van der Waals surface area contributed by atoms with Gasteiger partial charge in [-0.3, -0.25) is 4.90 Å². The van der Waals surface area contributed by atoms with Gasteiger partial charge in [-0.1, -0.05) is 13.3 Å². The standard InChI is InChI=1S/C10H19NO3/c1-2-3-6-11-7-4-5-10(14,8-11)9(12)13/h14H,2-8H2,1H3,(H,12,13). The highest BCUT2D eigenvalue weighted by atomic mass is 16.4. The summed E-state index contributed by atoms with van der Waals surface area (Å²) >= 11 is 0. The van der Waals surface area contributed by atoms with Crippen LogP contribution in [0.5, 0.6) is 0 Å². The number of hydrogen-bond donors (Lipinski definition) is 2. The zero-order chi connectivity index (χ0) is 10.6. The van der Waals surface area contributed by atoms with Crippen molar-refractivity contribution in [2.45, 2.75) is 38.2 Å². The Morgan fingerprint density at radius 3 is 2.86 bits per heavy atom. The van der Waals surface area contributed by atoms with Gasteiger partial charge >= 0.3 is 5.97 Å². The predicted octanol–water partition coefficient (Wildman–Crippen LogP) is 0.698. The van der Waals surface area contributed by atoms with Crippen molar-refractivity contribution in [3.63, 3.8) is 0 Å². The number of aliphatic hydroxyl groups is 1. The zero-order valence-electron chi connectivity index (χ0n) is 8.70. The molecular formula is C10H19NO3. The van der Waals surface area contributed by atoms with E-state index in [-0.39, 0.29) is 6.54 Å². The van der Waals surface area contributed by atoms with Crippen LogP contribution in [-0.2, 0) is 4.79 Å². The van der Waals surface area contributed by atoms with Gasteiger partial charge in [0.15, 0.2) is 5.60 Å². The highest BCUT2D eigenvalue weighted by Gasteiger charge is 2.39. The van der Waals surface area contributed by atoms with Gasteiger partial charge in [-0.15, -0.1) is 0 Å². The van der Waals surface area contributed by atoms with Gasteiger partial charge in [0.2, 0.25) is 0 Å². The van der Waals surface area contributed by atoms with Gasteiger partial charge in [-0.25, -0.2) is 4.79 Å². The SMILES string of the molecule is CCCCN1CCCC(O)(C(=O)O)C1. The van der Waals surface area contributed by atoms with E-state index in [1.54, 1.807) is 0 Å². The van der Waals surface area contributed by atoms with Crippen molar-refractivity contribution in [2.24, 2.45) is 0 Å². The molecule has 82 valence electrons. The fourth-order valence-electron chi connectivity index (χ4n) is 1.87. The number of nitrogens with zero attached hydrogens (tertiary/aromatic N) is 1. The van der Waals surface area contributed by atoms with Crippen molar-refractivity contribution >= 4 is 5.97 Å². The van der Waals surface area contributed by atoms with Crippen molar-refractivity contribution in [3.05, 3.63) is 0 Å². The molecule has 0 amide bonds. The fourth-order valence-corrected chi connectivity index (χ4v) is 1.87. The second-order valence-corrected chi connectivity index (χ2v) is 4.07. The van der Waals surface area contributed by atoms with Crippen LogP contribution in [0.3, 0.4) is 0 Å². The summed E-state index contributed by atoms with van der Waals surface area (Å²) in [5.41, 5.74) is -1.51. The highest BCUT2D eigenvalue weighted by Crippen LogP contribution is 2.21. The van der Waals surface area contributed by atoms with Crippen molar-refractivity contribution in [1.29, 1.82) is 0 Å². The van der Waals surface area contributed by atoms with Crippen LogP contribution in [0.2, 0.25) is 0 Å². The van der Waals surface area contributed by atoms with Crippen molar-refractivity contribution < 1.29 is 15.0 Å². The molecule has 1 atom stereocenters. The van der Waals surface area contributed by atoms with Crippen LogP contribution in [-0.4, -0.2) is 46.3 Å². The Kier molecular flexibility index (Phi) is 3.89. The van der Waals surface area contributed by atoms with Crippen molar-refractivity contribution in [1.82, 2.24) is 4.90 Å². The number of carbonyl (C=O) groups is 1. The molecule has 0 radical (unpaired) electrons. The molecule has 1 unspecified atom stereocenters. The maximum absolute atomic E-state index is 10.8. The first-order valence-electron chi connectivity index (χ1n) is 5.26. The average Bonchev–Trinajstić information content (AvgIpc) is 2.15. The van der Waals surface area contributed by atoms with E-state index in [1.807, 2.05) is 4.90 Å². The Morgan fingerprint density at radius 1 is 1.57 bits per heavy atom. The molecule has 2 N–H and O–H groups in total. The van der Waals surface area contributed by atoms with Gasteiger partial charge in [-0.2, -0.15) is 0 Å². The van der Waals surface area contributed by atoms with Gasteiger partial charge < -0.3 is 10.2 Å². The largest absolute Gasteiger partial charge is 0.479 e. The molecule has 0 aromatic rings. The number of β-amino-alcohol motifs (C(OH)–C–C–N with tert-alkyl or cyclic N) is 1. The number of unbranched alkanes of at least 4 members (excludes halogenated alkanes) is 1. The summed E-state index contributed by atoms with van der Waals surface area (Å²) in [5.74, 6) is -1.08. The molecule has 0 saturated carbocycles. The van der Waals surface area contributed by atoms with E-state index in [1.165, 1.54) is 0 Å². The topological polar surface area (TPSA) is 60.8 Å². The van der Waals surface area contributed by atoms with Crippen LogP contribution in [0.25, 0.3) is 0 Å². The monoisotopic (exact) mass is 201 g/mol. The average molecular weight is 201 g/mol. The maximum Gasteiger partial charge on any atom is 0.337 e. The first-order valence-corrected chi connectivity index (χ1v) is 5.26. The van der Waals surface area contributed by atoms with E-state index in [2.05, 4.69) is 6.92 Å². The van der Waals surface area contributed by atoms with Gasteiger partial charge in [0, 0.05) is 6.54 Å². The van der Waals surface area contributed by atoms with Crippen LogP contribution in [0.15, 0.2) is 0 Å². The second-order valence-electron chi connectivity index (χ2n) is 4.07. The minimum absolute atomic E-state index is 0.280. The molecule has 4 nitrogen and oxygen atoms in total.